The maximum absolute atomic E-state index is 6.27. The zero-order valence-electron chi connectivity index (χ0n) is 16.7. The van der Waals surface area contributed by atoms with Gasteiger partial charge in [-0.05, 0) is 36.6 Å². The van der Waals surface area contributed by atoms with Crippen LogP contribution in [0.15, 0.2) is 54.6 Å². The fraction of sp³-hybridized carbons (Fsp3) is 0.174. The Bertz CT molecular complexity index is 1250. The van der Waals surface area contributed by atoms with Gasteiger partial charge in [0.2, 0.25) is 11.9 Å². The number of imidazole rings is 1. The molecule has 0 unspecified atom stereocenters. The average Bonchev–Trinajstić information content (AvgIpc) is 3.13. The average molecular weight is 398 g/mol. The fourth-order valence-corrected chi connectivity index (χ4v) is 3.80. The van der Waals surface area contributed by atoms with E-state index >= 15 is 0 Å². The van der Waals surface area contributed by atoms with Gasteiger partial charge in [0.25, 0.3) is 0 Å². The highest BCUT2D eigenvalue weighted by Gasteiger charge is 2.21. The van der Waals surface area contributed by atoms with E-state index in [1.807, 2.05) is 47.0 Å². The molecule has 7 nitrogen and oxygen atoms in total. The smallest absolute Gasteiger partial charge is 0.239 e. The number of anilines is 2. The van der Waals surface area contributed by atoms with Crippen LogP contribution < -0.4 is 15.8 Å². The Morgan fingerprint density at radius 2 is 1.93 bits per heavy atom. The molecule has 0 aliphatic heterocycles. The number of para-hydroxylation sites is 1. The molecule has 30 heavy (non-hydrogen) atoms. The highest BCUT2D eigenvalue weighted by molar-refractivity contribution is 5.93. The van der Waals surface area contributed by atoms with Crippen molar-refractivity contribution in [3.8, 4) is 11.7 Å². The minimum absolute atomic E-state index is 0.384. The Morgan fingerprint density at radius 1 is 1.07 bits per heavy atom. The summed E-state index contributed by atoms with van der Waals surface area (Å²) in [5, 5.41) is 4.35. The maximum atomic E-state index is 6.27. The predicted octanol–water partition coefficient (Wildman–Crippen LogP) is 3.98. The molecular weight excluding hydrogens is 376 g/mol. The first-order chi connectivity index (χ1) is 14.7. The normalized spacial score (nSPS) is 12.7. The third-order valence-electron chi connectivity index (χ3n) is 5.25. The van der Waals surface area contributed by atoms with Crippen LogP contribution in [0.5, 0.6) is 5.75 Å². The number of nitrogen functional groups attached to an aromatic ring is 1. The number of benzene rings is 2. The summed E-state index contributed by atoms with van der Waals surface area (Å²) in [5.74, 6) is 2.29. The first kappa shape index (κ1) is 18.2. The van der Waals surface area contributed by atoms with Gasteiger partial charge in [-0.2, -0.15) is 4.98 Å². The van der Waals surface area contributed by atoms with Gasteiger partial charge in [0.1, 0.15) is 17.1 Å². The number of fused-ring (bicyclic) bond motifs is 2. The summed E-state index contributed by atoms with van der Waals surface area (Å²) in [5.41, 5.74) is 10.1. The van der Waals surface area contributed by atoms with Crippen molar-refractivity contribution in [2.75, 3.05) is 18.2 Å². The maximum Gasteiger partial charge on any atom is 0.239 e. The number of allylic oxidation sites excluding steroid dienone is 1. The summed E-state index contributed by atoms with van der Waals surface area (Å²) < 4.78 is 7.42. The molecule has 4 aromatic rings. The highest BCUT2D eigenvalue weighted by atomic mass is 16.5. The first-order valence-electron chi connectivity index (χ1n) is 9.91. The zero-order valence-corrected chi connectivity index (χ0v) is 16.7. The number of rotatable bonds is 5. The largest absolute Gasteiger partial charge is 0.494 e. The second kappa shape index (κ2) is 7.51. The Morgan fingerprint density at radius 3 is 2.77 bits per heavy atom. The van der Waals surface area contributed by atoms with Crippen LogP contribution in [0.3, 0.4) is 0 Å². The molecule has 0 bridgehead atoms. The van der Waals surface area contributed by atoms with Gasteiger partial charge in [-0.15, -0.1) is 0 Å². The monoisotopic (exact) mass is 398 g/mol. The third-order valence-corrected chi connectivity index (χ3v) is 5.25. The van der Waals surface area contributed by atoms with E-state index < -0.39 is 0 Å². The molecule has 1 aliphatic carbocycles. The summed E-state index contributed by atoms with van der Waals surface area (Å²) in [7, 11) is 1.64. The standard InChI is InChI=1S/C23H22N6O/c1-30-19-13-7-10-16-20(19)27-23(28-21(16)25-14-15-8-3-2-4-9-15)29-18-12-6-5-11-17(18)26-22(29)24/h2-5,7-11,13H,6,12,14H2,1H3,(H2,24,26)(H,25,27,28). The summed E-state index contributed by atoms with van der Waals surface area (Å²) in [6.45, 7) is 0.643. The molecule has 2 aromatic carbocycles. The zero-order chi connectivity index (χ0) is 20.5. The highest BCUT2D eigenvalue weighted by Crippen LogP contribution is 2.31. The number of aromatic nitrogens is 4. The molecule has 7 heteroatoms. The van der Waals surface area contributed by atoms with E-state index in [0.29, 0.717) is 24.2 Å². The Hall–Kier alpha value is -3.87. The fourth-order valence-electron chi connectivity index (χ4n) is 3.80. The third kappa shape index (κ3) is 3.14. The van der Waals surface area contributed by atoms with Gasteiger partial charge in [-0.1, -0.05) is 42.5 Å². The van der Waals surface area contributed by atoms with Gasteiger partial charge in [-0.3, -0.25) is 4.57 Å². The molecule has 2 heterocycles. The first-order valence-corrected chi connectivity index (χ1v) is 9.91. The van der Waals surface area contributed by atoms with Gasteiger partial charge in [0.05, 0.1) is 18.5 Å². The lowest BCUT2D eigenvalue weighted by atomic mass is 10.1. The lowest BCUT2D eigenvalue weighted by Crippen LogP contribution is -2.12. The Balaban J connectivity index is 1.66. The number of ether oxygens (including phenoxy) is 1. The van der Waals surface area contributed by atoms with Crippen molar-refractivity contribution in [2.45, 2.75) is 19.4 Å². The van der Waals surface area contributed by atoms with Crippen LogP contribution in [0.25, 0.3) is 22.9 Å². The number of hydrogen-bond acceptors (Lipinski definition) is 6. The molecule has 3 N–H and O–H groups in total. The molecule has 0 saturated carbocycles. The number of hydrogen-bond donors (Lipinski definition) is 2. The number of methoxy groups -OCH3 is 1. The molecule has 0 saturated heterocycles. The summed E-state index contributed by atoms with van der Waals surface area (Å²) >= 11 is 0. The second-order valence-corrected chi connectivity index (χ2v) is 7.15. The van der Waals surface area contributed by atoms with Crippen molar-refractivity contribution in [3.05, 3.63) is 71.6 Å². The quantitative estimate of drug-likeness (QED) is 0.528. The molecule has 5 rings (SSSR count). The van der Waals surface area contributed by atoms with Crippen molar-refractivity contribution >= 4 is 28.7 Å². The Kier molecular flexibility index (Phi) is 4.55. The SMILES string of the molecule is COc1cccc2c(NCc3ccccc3)nc(-n3c(N)nc4c3CCC=C4)nc12. The molecule has 0 radical (unpaired) electrons. The van der Waals surface area contributed by atoms with Crippen molar-refractivity contribution in [1.82, 2.24) is 19.5 Å². The lowest BCUT2D eigenvalue weighted by Gasteiger charge is -2.15. The van der Waals surface area contributed by atoms with Crippen LogP contribution in [0, 0.1) is 0 Å². The number of nitrogens with two attached hydrogens (primary N) is 1. The van der Waals surface area contributed by atoms with Crippen LogP contribution in [0.4, 0.5) is 11.8 Å². The topological polar surface area (TPSA) is 90.9 Å². The summed E-state index contributed by atoms with van der Waals surface area (Å²) in [4.78, 5) is 14.2. The molecule has 2 aromatic heterocycles. The number of nitrogens with zero attached hydrogens (tertiary/aromatic N) is 4. The van der Waals surface area contributed by atoms with Gasteiger partial charge in [0, 0.05) is 11.9 Å². The van der Waals surface area contributed by atoms with E-state index in [-0.39, 0.29) is 0 Å². The minimum Gasteiger partial charge on any atom is -0.494 e. The van der Waals surface area contributed by atoms with Crippen molar-refractivity contribution in [3.63, 3.8) is 0 Å². The summed E-state index contributed by atoms with van der Waals surface area (Å²) in [6, 6.07) is 16.0. The molecule has 0 atom stereocenters. The van der Waals surface area contributed by atoms with Crippen LogP contribution in [0.2, 0.25) is 0 Å². The van der Waals surface area contributed by atoms with Gasteiger partial charge >= 0.3 is 0 Å². The predicted molar refractivity (Wildman–Crippen MR) is 119 cm³/mol. The molecule has 0 fully saturated rings. The van der Waals surface area contributed by atoms with Gasteiger partial charge in [0.15, 0.2) is 0 Å². The van der Waals surface area contributed by atoms with E-state index in [4.69, 9.17) is 20.4 Å². The van der Waals surface area contributed by atoms with Gasteiger partial charge in [-0.25, -0.2) is 9.97 Å². The van der Waals surface area contributed by atoms with Crippen molar-refractivity contribution < 1.29 is 4.74 Å². The minimum atomic E-state index is 0.384. The Labute approximate surface area is 174 Å². The van der Waals surface area contributed by atoms with E-state index in [0.717, 1.165) is 41.0 Å². The molecular formula is C23H22N6O. The van der Waals surface area contributed by atoms with Crippen LogP contribution in [-0.4, -0.2) is 26.6 Å². The lowest BCUT2D eigenvalue weighted by molar-refractivity contribution is 0.419. The van der Waals surface area contributed by atoms with Crippen LogP contribution >= 0.6 is 0 Å². The van der Waals surface area contributed by atoms with Crippen molar-refractivity contribution in [2.24, 2.45) is 0 Å². The van der Waals surface area contributed by atoms with Crippen LogP contribution in [-0.2, 0) is 13.0 Å². The van der Waals surface area contributed by atoms with E-state index in [1.54, 1.807) is 7.11 Å². The van der Waals surface area contributed by atoms with E-state index in [2.05, 4.69) is 28.5 Å². The van der Waals surface area contributed by atoms with Gasteiger partial charge < -0.3 is 15.8 Å². The van der Waals surface area contributed by atoms with E-state index in [1.165, 1.54) is 5.56 Å². The number of nitrogens with one attached hydrogen (secondary N) is 1. The van der Waals surface area contributed by atoms with Crippen LogP contribution in [0.1, 0.15) is 23.4 Å². The summed E-state index contributed by atoms with van der Waals surface area (Å²) in [6.07, 6.45) is 5.89. The molecule has 0 spiro atoms. The van der Waals surface area contributed by atoms with Crippen molar-refractivity contribution in [1.29, 1.82) is 0 Å². The molecule has 150 valence electrons. The molecule has 0 amide bonds. The second-order valence-electron chi connectivity index (χ2n) is 7.15. The van der Waals surface area contributed by atoms with E-state index in [9.17, 15) is 0 Å². The molecule has 1 aliphatic rings.